The molecule has 4 heterocycles. The number of carbonyl (C=O) groups is 1. The SMILES string of the molecule is O=C(c1ccccc1)c1cc2cnc(Nc3ccc(C4CCNCC4)cc3)nc2n(Cc2ccncc2S(=O)(=O)CC(F)(F)F)c1=O. The number of nitrogens with one attached hydrogen (secondary N) is 2. The minimum Gasteiger partial charge on any atom is -0.324 e. The van der Waals surface area contributed by atoms with Crippen LogP contribution < -0.4 is 16.2 Å². The molecule has 5 aromatic rings. The third-order valence-corrected chi connectivity index (χ3v) is 9.72. The lowest BCUT2D eigenvalue weighted by atomic mass is 9.90. The van der Waals surface area contributed by atoms with E-state index in [1.165, 1.54) is 30.1 Å². The number of sulfone groups is 1. The number of hydrogen-bond acceptors (Lipinski definition) is 9. The van der Waals surface area contributed by atoms with Crippen LogP contribution in [0.1, 0.15) is 45.8 Å². The highest BCUT2D eigenvalue weighted by atomic mass is 32.2. The number of aromatic nitrogens is 4. The standard InChI is InChI=1S/C33H29F3N6O4S/c34-33(35,36)20-47(45,46)28-18-38-15-12-24(28)19-42-30-25(16-27(31(42)44)29(43)23-4-2-1-3-5-23)17-39-32(41-30)40-26-8-6-21(7-9-26)22-10-13-37-14-11-22/h1-9,12,15-18,22,37H,10-11,13-14,19-20H2,(H,39,40,41). The molecule has 2 aromatic carbocycles. The molecule has 0 spiro atoms. The molecular formula is C33H29F3N6O4S. The number of ketones is 1. The second-order valence-corrected chi connectivity index (χ2v) is 13.2. The van der Waals surface area contributed by atoms with Crippen molar-refractivity contribution in [3.63, 3.8) is 0 Å². The van der Waals surface area contributed by atoms with Crippen molar-refractivity contribution in [1.29, 1.82) is 0 Å². The highest BCUT2D eigenvalue weighted by Crippen LogP contribution is 2.28. The summed E-state index contributed by atoms with van der Waals surface area (Å²) in [4.78, 5) is 39.4. The average molecular weight is 663 g/mol. The Labute approximate surface area is 267 Å². The Morgan fingerprint density at radius 1 is 1.00 bits per heavy atom. The molecule has 1 fully saturated rings. The van der Waals surface area contributed by atoms with Crippen LogP contribution in [-0.2, 0) is 16.4 Å². The normalized spacial score (nSPS) is 14.3. The van der Waals surface area contributed by atoms with Gasteiger partial charge in [-0.1, -0.05) is 42.5 Å². The summed E-state index contributed by atoms with van der Waals surface area (Å²) in [6.07, 6.45) is 0.533. The lowest BCUT2D eigenvalue weighted by molar-refractivity contribution is -0.106. The highest BCUT2D eigenvalue weighted by molar-refractivity contribution is 7.91. The van der Waals surface area contributed by atoms with E-state index in [1.54, 1.807) is 30.3 Å². The fraction of sp³-hybridized carbons (Fsp3) is 0.242. The minimum atomic E-state index is -5.00. The van der Waals surface area contributed by atoms with Gasteiger partial charge in [-0.25, -0.2) is 13.4 Å². The number of rotatable bonds is 9. The Bertz CT molecular complexity index is 2100. The lowest BCUT2D eigenvalue weighted by Gasteiger charge is -2.23. The third kappa shape index (κ3) is 7.23. The highest BCUT2D eigenvalue weighted by Gasteiger charge is 2.37. The van der Waals surface area contributed by atoms with Gasteiger partial charge in [0.05, 0.1) is 17.0 Å². The number of anilines is 2. The molecule has 3 aromatic heterocycles. The molecule has 0 amide bonds. The van der Waals surface area contributed by atoms with Gasteiger partial charge in [-0.3, -0.25) is 19.1 Å². The molecular weight excluding hydrogens is 633 g/mol. The predicted molar refractivity (Wildman–Crippen MR) is 170 cm³/mol. The first kappa shape index (κ1) is 32.0. The fourth-order valence-corrected chi connectivity index (χ4v) is 7.02. The van der Waals surface area contributed by atoms with Crippen molar-refractivity contribution in [2.45, 2.75) is 36.4 Å². The molecule has 1 saturated heterocycles. The number of alkyl halides is 3. The van der Waals surface area contributed by atoms with E-state index in [9.17, 15) is 31.2 Å². The van der Waals surface area contributed by atoms with Crippen molar-refractivity contribution < 1.29 is 26.4 Å². The molecule has 2 N–H and O–H groups in total. The summed E-state index contributed by atoms with van der Waals surface area (Å²) in [5.74, 6) is -2.13. The Balaban J connectivity index is 1.42. The first-order valence-electron chi connectivity index (χ1n) is 14.8. The Kier molecular flexibility index (Phi) is 8.88. The van der Waals surface area contributed by atoms with Crippen molar-refractivity contribution in [3.8, 4) is 0 Å². The minimum absolute atomic E-state index is 0.0411. The molecule has 6 rings (SSSR count). The van der Waals surface area contributed by atoms with Crippen molar-refractivity contribution in [1.82, 2.24) is 24.8 Å². The van der Waals surface area contributed by atoms with E-state index in [1.807, 2.05) is 24.3 Å². The van der Waals surface area contributed by atoms with E-state index < -0.39 is 44.5 Å². The number of hydrogen-bond donors (Lipinski definition) is 2. The molecule has 0 unspecified atom stereocenters. The number of pyridine rings is 2. The van der Waals surface area contributed by atoms with Crippen LogP contribution in [0.2, 0.25) is 0 Å². The maximum Gasteiger partial charge on any atom is 0.403 e. The molecule has 0 bridgehead atoms. The van der Waals surface area contributed by atoms with Crippen LogP contribution in [0.4, 0.5) is 24.8 Å². The van der Waals surface area contributed by atoms with Crippen LogP contribution >= 0.6 is 0 Å². The van der Waals surface area contributed by atoms with Crippen LogP contribution in [0.25, 0.3) is 11.0 Å². The smallest absolute Gasteiger partial charge is 0.324 e. The van der Waals surface area contributed by atoms with Gasteiger partial charge in [0.1, 0.15) is 5.65 Å². The van der Waals surface area contributed by atoms with Crippen LogP contribution in [0.15, 0.2) is 95.0 Å². The zero-order valence-corrected chi connectivity index (χ0v) is 25.7. The van der Waals surface area contributed by atoms with Crippen molar-refractivity contribution in [3.05, 3.63) is 118 Å². The van der Waals surface area contributed by atoms with Gasteiger partial charge in [-0.2, -0.15) is 18.2 Å². The molecule has 0 atom stereocenters. The van der Waals surface area contributed by atoms with E-state index >= 15 is 0 Å². The molecule has 47 heavy (non-hydrogen) atoms. The number of fused-ring (bicyclic) bond motifs is 1. The number of nitrogens with zero attached hydrogens (tertiary/aromatic N) is 4. The number of halogens is 3. The predicted octanol–water partition coefficient (Wildman–Crippen LogP) is 5.01. The molecule has 0 aliphatic carbocycles. The van der Waals surface area contributed by atoms with Crippen molar-refractivity contribution in [2.75, 3.05) is 24.2 Å². The Morgan fingerprint density at radius 3 is 2.43 bits per heavy atom. The van der Waals surface area contributed by atoms with Crippen LogP contribution in [-0.4, -0.2) is 58.7 Å². The molecule has 0 radical (unpaired) electrons. The van der Waals surface area contributed by atoms with Gasteiger partial charge in [0.25, 0.3) is 5.56 Å². The summed E-state index contributed by atoms with van der Waals surface area (Å²) < 4.78 is 66.3. The summed E-state index contributed by atoms with van der Waals surface area (Å²) in [5.41, 5.74) is 1.00. The quantitative estimate of drug-likeness (QED) is 0.209. The summed E-state index contributed by atoms with van der Waals surface area (Å²) >= 11 is 0. The average Bonchev–Trinajstić information content (AvgIpc) is 3.06. The van der Waals surface area contributed by atoms with Crippen molar-refractivity contribution in [2.24, 2.45) is 0 Å². The van der Waals surface area contributed by atoms with E-state index in [-0.39, 0.29) is 33.7 Å². The maximum absolute atomic E-state index is 14.0. The van der Waals surface area contributed by atoms with Gasteiger partial charge in [0.2, 0.25) is 5.95 Å². The van der Waals surface area contributed by atoms with E-state index in [0.29, 0.717) is 11.6 Å². The Hall–Kier alpha value is -4.95. The summed E-state index contributed by atoms with van der Waals surface area (Å²) in [6, 6.07) is 18.5. The molecule has 1 aliphatic heterocycles. The van der Waals surface area contributed by atoms with Gasteiger partial charge in [0.15, 0.2) is 21.4 Å². The monoisotopic (exact) mass is 662 g/mol. The summed E-state index contributed by atoms with van der Waals surface area (Å²) in [5, 5.41) is 6.75. The van der Waals surface area contributed by atoms with Gasteiger partial charge in [-0.15, -0.1) is 0 Å². The van der Waals surface area contributed by atoms with Crippen LogP contribution in [0.3, 0.4) is 0 Å². The summed E-state index contributed by atoms with van der Waals surface area (Å²) in [7, 11) is -4.88. The Morgan fingerprint density at radius 2 is 1.72 bits per heavy atom. The molecule has 1 aliphatic rings. The molecule has 14 heteroatoms. The first-order valence-corrected chi connectivity index (χ1v) is 16.4. The molecule has 10 nitrogen and oxygen atoms in total. The number of benzene rings is 2. The molecule has 242 valence electrons. The van der Waals surface area contributed by atoms with Gasteiger partial charge in [0, 0.05) is 35.2 Å². The topological polar surface area (TPSA) is 136 Å². The maximum atomic E-state index is 14.0. The van der Waals surface area contributed by atoms with Gasteiger partial charge < -0.3 is 10.6 Å². The van der Waals surface area contributed by atoms with E-state index in [4.69, 9.17) is 0 Å². The van der Waals surface area contributed by atoms with Gasteiger partial charge in [-0.05, 0) is 67.2 Å². The number of carbonyl (C=O) groups excluding carboxylic acids is 1. The van der Waals surface area contributed by atoms with Crippen molar-refractivity contribution >= 4 is 38.3 Å². The second-order valence-electron chi connectivity index (χ2n) is 11.2. The molecule has 0 saturated carbocycles. The van der Waals surface area contributed by atoms with Crippen LogP contribution in [0.5, 0.6) is 0 Å². The van der Waals surface area contributed by atoms with E-state index in [0.717, 1.165) is 36.7 Å². The zero-order chi connectivity index (χ0) is 33.2. The van der Waals surface area contributed by atoms with Crippen LogP contribution in [0, 0.1) is 0 Å². The second kappa shape index (κ2) is 13.0. The number of piperidine rings is 1. The first-order chi connectivity index (χ1) is 22.5. The zero-order valence-electron chi connectivity index (χ0n) is 24.9. The third-order valence-electron chi connectivity index (χ3n) is 7.97. The fourth-order valence-electron chi connectivity index (χ4n) is 5.68. The van der Waals surface area contributed by atoms with E-state index in [2.05, 4.69) is 25.6 Å². The largest absolute Gasteiger partial charge is 0.403 e. The lowest BCUT2D eigenvalue weighted by Crippen LogP contribution is -2.29. The van der Waals surface area contributed by atoms with Gasteiger partial charge >= 0.3 is 6.18 Å². The summed E-state index contributed by atoms with van der Waals surface area (Å²) in [6.45, 7) is 1.41.